The number of rotatable bonds is 3. The van der Waals surface area contributed by atoms with Crippen LogP contribution in [0.4, 0.5) is 0 Å². The molecule has 0 spiro atoms. The Morgan fingerprint density at radius 1 is 1.58 bits per heavy atom. The van der Waals surface area contributed by atoms with Crippen LogP contribution >= 0.6 is 0 Å². The zero-order valence-electron chi connectivity index (χ0n) is 7.84. The highest BCUT2D eigenvalue weighted by Gasteiger charge is 2.01. The number of ether oxygens (including phenoxy) is 1. The Hall–Kier alpha value is -0.980. The van der Waals surface area contributed by atoms with Gasteiger partial charge in [-0.15, -0.1) is 0 Å². The fourth-order valence-corrected chi connectivity index (χ4v) is 1.24. The van der Waals surface area contributed by atoms with Crippen molar-refractivity contribution in [3.8, 4) is 0 Å². The molecule has 0 aromatic heterocycles. The summed E-state index contributed by atoms with van der Waals surface area (Å²) in [6, 6.07) is 0. The first-order valence-electron chi connectivity index (χ1n) is 4.48. The number of methoxy groups -OCH3 is 1. The highest BCUT2D eigenvalue weighted by Crippen LogP contribution is 2.18. The van der Waals surface area contributed by atoms with E-state index in [0.717, 1.165) is 25.0 Å². The van der Waals surface area contributed by atoms with Gasteiger partial charge in [0.2, 0.25) is 0 Å². The Morgan fingerprint density at radius 3 is 3.08 bits per heavy atom. The molecule has 0 N–H and O–H groups in total. The largest absolute Gasteiger partial charge is 0.497 e. The van der Waals surface area contributed by atoms with Crippen LogP contribution in [0.2, 0.25) is 0 Å². The van der Waals surface area contributed by atoms with Gasteiger partial charge in [0.25, 0.3) is 0 Å². The molecule has 0 radical (unpaired) electrons. The van der Waals surface area contributed by atoms with E-state index in [0.29, 0.717) is 0 Å². The van der Waals surface area contributed by atoms with E-state index in [2.05, 4.69) is 31.2 Å². The third kappa shape index (κ3) is 2.57. The second-order valence-corrected chi connectivity index (χ2v) is 2.88. The van der Waals surface area contributed by atoms with Gasteiger partial charge in [0.05, 0.1) is 7.11 Å². The van der Waals surface area contributed by atoms with Gasteiger partial charge in [-0.2, -0.15) is 0 Å². The van der Waals surface area contributed by atoms with E-state index >= 15 is 0 Å². The van der Waals surface area contributed by atoms with Gasteiger partial charge < -0.3 is 4.74 Å². The van der Waals surface area contributed by atoms with Gasteiger partial charge in [0.15, 0.2) is 0 Å². The maximum absolute atomic E-state index is 5.15. The molecule has 0 amide bonds. The molecule has 1 rings (SSSR count). The highest BCUT2D eigenvalue weighted by atomic mass is 16.5. The minimum absolute atomic E-state index is 0.997. The average molecular weight is 164 g/mol. The van der Waals surface area contributed by atoms with E-state index in [1.54, 1.807) is 7.11 Å². The molecule has 1 heteroatoms. The lowest BCUT2D eigenvalue weighted by atomic mass is 10.0. The summed E-state index contributed by atoms with van der Waals surface area (Å²) in [5, 5.41) is 0. The predicted octanol–water partition coefficient (Wildman–Crippen LogP) is 3.20. The van der Waals surface area contributed by atoms with Crippen molar-refractivity contribution >= 4 is 0 Å². The standard InChI is InChI=1S/C11H16O/c1-3-4-6-10-7-5-8-11(9-10)12-2/h4,6,8-9H,3,5,7H2,1-2H3/b6-4+. The van der Waals surface area contributed by atoms with Crippen molar-refractivity contribution in [2.75, 3.05) is 7.11 Å². The van der Waals surface area contributed by atoms with Gasteiger partial charge in [0.1, 0.15) is 5.76 Å². The Balaban J connectivity index is 2.60. The SMILES string of the molecule is CC/C=C/C1=CC(OC)=CCC1. The van der Waals surface area contributed by atoms with Gasteiger partial charge in [-0.1, -0.05) is 19.1 Å². The second kappa shape index (κ2) is 4.81. The number of allylic oxidation sites excluding steroid dienone is 5. The molecule has 0 unspecified atom stereocenters. The summed E-state index contributed by atoms with van der Waals surface area (Å²) in [5.74, 6) is 0.997. The fourth-order valence-electron chi connectivity index (χ4n) is 1.24. The first-order valence-corrected chi connectivity index (χ1v) is 4.48. The Labute approximate surface area is 74.4 Å². The van der Waals surface area contributed by atoms with Crippen molar-refractivity contribution in [1.29, 1.82) is 0 Å². The summed E-state index contributed by atoms with van der Waals surface area (Å²) >= 11 is 0. The van der Waals surface area contributed by atoms with Crippen LogP contribution in [0.1, 0.15) is 26.2 Å². The Morgan fingerprint density at radius 2 is 2.42 bits per heavy atom. The van der Waals surface area contributed by atoms with E-state index in [1.807, 2.05) is 0 Å². The van der Waals surface area contributed by atoms with E-state index < -0.39 is 0 Å². The Kier molecular flexibility index (Phi) is 3.65. The number of hydrogen-bond acceptors (Lipinski definition) is 1. The molecule has 0 aromatic rings. The molecule has 0 heterocycles. The summed E-state index contributed by atoms with van der Waals surface area (Å²) in [6.45, 7) is 2.15. The molecule has 1 aliphatic rings. The van der Waals surface area contributed by atoms with Gasteiger partial charge >= 0.3 is 0 Å². The van der Waals surface area contributed by atoms with Crippen LogP contribution in [-0.4, -0.2) is 7.11 Å². The quantitative estimate of drug-likeness (QED) is 0.622. The van der Waals surface area contributed by atoms with Crippen LogP contribution in [0.3, 0.4) is 0 Å². The van der Waals surface area contributed by atoms with Gasteiger partial charge in [-0.3, -0.25) is 0 Å². The van der Waals surface area contributed by atoms with Crippen molar-refractivity contribution < 1.29 is 4.74 Å². The molecule has 0 saturated heterocycles. The van der Waals surface area contributed by atoms with Crippen LogP contribution in [0.25, 0.3) is 0 Å². The first-order chi connectivity index (χ1) is 5.86. The van der Waals surface area contributed by atoms with E-state index in [4.69, 9.17) is 4.74 Å². The summed E-state index contributed by atoms with van der Waals surface area (Å²) in [5.41, 5.74) is 1.37. The zero-order valence-corrected chi connectivity index (χ0v) is 7.84. The minimum Gasteiger partial charge on any atom is -0.497 e. The summed E-state index contributed by atoms with van der Waals surface area (Å²) < 4.78 is 5.15. The molecule has 0 aliphatic heterocycles. The zero-order chi connectivity index (χ0) is 8.81. The maximum Gasteiger partial charge on any atom is 0.115 e. The summed E-state index contributed by atoms with van der Waals surface area (Å²) in [6.07, 6.45) is 11.9. The molecule has 1 nitrogen and oxygen atoms in total. The van der Waals surface area contributed by atoms with Crippen LogP contribution in [0, 0.1) is 0 Å². The summed E-state index contributed by atoms with van der Waals surface area (Å²) in [4.78, 5) is 0. The van der Waals surface area contributed by atoms with Crippen molar-refractivity contribution in [3.63, 3.8) is 0 Å². The summed E-state index contributed by atoms with van der Waals surface area (Å²) in [7, 11) is 1.72. The average Bonchev–Trinajstić information content (AvgIpc) is 2.15. The highest BCUT2D eigenvalue weighted by molar-refractivity contribution is 5.30. The van der Waals surface area contributed by atoms with Crippen LogP contribution < -0.4 is 0 Å². The van der Waals surface area contributed by atoms with E-state index in [-0.39, 0.29) is 0 Å². The third-order valence-corrected chi connectivity index (χ3v) is 1.91. The minimum atomic E-state index is 0.997. The van der Waals surface area contributed by atoms with Crippen molar-refractivity contribution in [2.45, 2.75) is 26.2 Å². The normalized spacial score (nSPS) is 17.5. The molecule has 0 aromatic carbocycles. The maximum atomic E-state index is 5.15. The van der Waals surface area contributed by atoms with Crippen molar-refractivity contribution in [1.82, 2.24) is 0 Å². The van der Waals surface area contributed by atoms with Crippen LogP contribution in [0.5, 0.6) is 0 Å². The van der Waals surface area contributed by atoms with Crippen molar-refractivity contribution in [2.24, 2.45) is 0 Å². The molecule has 66 valence electrons. The topological polar surface area (TPSA) is 9.23 Å². The second-order valence-electron chi connectivity index (χ2n) is 2.88. The molecular formula is C11H16O. The molecule has 0 atom stereocenters. The fraction of sp³-hybridized carbons (Fsp3) is 0.455. The van der Waals surface area contributed by atoms with Crippen LogP contribution in [0.15, 0.2) is 35.6 Å². The lowest BCUT2D eigenvalue weighted by Gasteiger charge is -2.09. The monoisotopic (exact) mass is 164 g/mol. The molecule has 0 saturated carbocycles. The Bertz CT molecular complexity index is 221. The van der Waals surface area contributed by atoms with Crippen molar-refractivity contribution in [3.05, 3.63) is 35.6 Å². The molecule has 0 bridgehead atoms. The lowest BCUT2D eigenvalue weighted by molar-refractivity contribution is 0.303. The lowest BCUT2D eigenvalue weighted by Crippen LogP contribution is -1.91. The molecule has 12 heavy (non-hydrogen) atoms. The third-order valence-electron chi connectivity index (χ3n) is 1.91. The number of hydrogen-bond donors (Lipinski definition) is 0. The molecular weight excluding hydrogens is 148 g/mol. The smallest absolute Gasteiger partial charge is 0.115 e. The van der Waals surface area contributed by atoms with Crippen LogP contribution in [-0.2, 0) is 4.74 Å². The van der Waals surface area contributed by atoms with E-state index in [1.165, 1.54) is 5.57 Å². The van der Waals surface area contributed by atoms with E-state index in [9.17, 15) is 0 Å². The van der Waals surface area contributed by atoms with Gasteiger partial charge in [0, 0.05) is 0 Å². The van der Waals surface area contributed by atoms with Gasteiger partial charge in [-0.25, -0.2) is 0 Å². The molecule has 0 fully saturated rings. The molecule has 1 aliphatic carbocycles. The first kappa shape index (κ1) is 9.11. The predicted molar refractivity (Wildman–Crippen MR) is 51.8 cm³/mol. The van der Waals surface area contributed by atoms with Gasteiger partial charge in [-0.05, 0) is 37.0 Å².